The van der Waals surface area contributed by atoms with Crippen LogP contribution in [0.3, 0.4) is 0 Å². The molecule has 0 aliphatic heterocycles. The Balaban J connectivity index is 1.03. The Morgan fingerprint density at radius 2 is 0.778 bits per heavy atom. The molecule has 0 aliphatic rings. The quantitative estimate of drug-likeness (QED) is 0.153. The highest BCUT2D eigenvalue weighted by Gasteiger charge is 2.24. The van der Waals surface area contributed by atoms with E-state index in [1.807, 2.05) is 6.07 Å². The number of nitrogens with zero attached hydrogens (tertiary/aromatic N) is 2. The van der Waals surface area contributed by atoms with Gasteiger partial charge in [-0.25, -0.2) is 0 Å². The molecule has 0 unspecified atom stereocenters. The maximum atomic E-state index is 6.78. The van der Waals surface area contributed by atoms with Gasteiger partial charge < -0.3 is 13.9 Å². The highest BCUT2D eigenvalue weighted by atomic mass is 16.3. The molecular weight excluding hydrogens is 765 g/mol. The van der Waals surface area contributed by atoms with E-state index in [4.69, 9.17) is 4.42 Å². The second-order valence-corrected chi connectivity index (χ2v) is 16.0. The van der Waals surface area contributed by atoms with E-state index in [2.05, 4.69) is 246 Å². The van der Waals surface area contributed by atoms with Gasteiger partial charge in [-0.1, -0.05) is 188 Å². The predicted molar refractivity (Wildman–Crippen MR) is 264 cm³/mol. The first-order valence-corrected chi connectivity index (χ1v) is 21.5. The van der Waals surface area contributed by atoms with Crippen LogP contribution >= 0.6 is 0 Å². The molecule has 2 aromatic heterocycles. The molecule has 0 fully saturated rings. The molecule has 0 amide bonds. The average Bonchev–Trinajstić information content (AvgIpc) is 3.91. The number of hydrogen-bond donors (Lipinski definition) is 0. The van der Waals surface area contributed by atoms with Crippen LogP contribution in [-0.2, 0) is 0 Å². The zero-order valence-corrected chi connectivity index (χ0v) is 34.4. The van der Waals surface area contributed by atoms with Gasteiger partial charge >= 0.3 is 0 Å². The molecular formula is C60H40N2O. The molecule has 0 aliphatic carbocycles. The van der Waals surface area contributed by atoms with Crippen LogP contribution in [0.15, 0.2) is 247 Å². The first-order chi connectivity index (χ1) is 31.3. The lowest BCUT2D eigenvalue weighted by Crippen LogP contribution is -2.12. The number of furan rings is 1. The fraction of sp³-hybridized carbons (Fsp3) is 0. The number of rotatable bonds is 8. The van der Waals surface area contributed by atoms with Gasteiger partial charge in [0.25, 0.3) is 0 Å². The van der Waals surface area contributed by atoms with Gasteiger partial charge in [-0.3, -0.25) is 0 Å². The Morgan fingerprint density at radius 1 is 0.302 bits per heavy atom. The first-order valence-electron chi connectivity index (χ1n) is 21.5. The summed E-state index contributed by atoms with van der Waals surface area (Å²) in [5.74, 6) is 0. The van der Waals surface area contributed by atoms with Crippen molar-refractivity contribution in [2.24, 2.45) is 0 Å². The Bertz CT molecular complexity index is 3560. The second-order valence-electron chi connectivity index (χ2n) is 16.0. The van der Waals surface area contributed by atoms with Gasteiger partial charge in [-0.05, 0) is 93.5 Å². The molecule has 63 heavy (non-hydrogen) atoms. The molecule has 10 aromatic carbocycles. The summed E-state index contributed by atoms with van der Waals surface area (Å²) in [4.78, 5) is 2.38. The van der Waals surface area contributed by atoms with Crippen LogP contribution in [0.25, 0.3) is 93.9 Å². The molecule has 12 aromatic rings. The predicted octanol–water partition coefficient (Wildman–Crippen LogP) is 16.8. The van der Waals surface area contributed by atoms with Crippen LogP contribution in [0.2, 0.25) is 0 Å². The van der Waals surface area contributed by atoms with Crippen molar-refractivity contribution in [3.05, 3.63) is 243 Å². The molecule has 0 N–H and O–H groups in total. The van der Waals surface area contributed by atoms with Crippen molar-refractivity contribution in [2.45, 2.75) is 0 Å². The molecule has 296 valence electrons. The summed E-state index contributed by atoms with van der Waals surface area (Å²) in [5.41, 5.74) is 17.6. The maximum absolute atomic E-state index is 6.78. The normalized spacial score (nSPS) is 11.5. The zero-order valence-electron chi connectivity index (χ0n) is 34.4. The summed E-state index contributed by atoms with van der Waals surface area (Å²) in [6.45, 7) is 0. The first kappa shape index (κ1) is 36.5. The SMILES string of the molecule is c1ccc(-c2ccc(-c3ccccc3-c3ccccc3-c3ccccc3N(c3ccc(-n4c5ccccc5c5ccccc54)cc3)c3cccc4c3oc3ccccc34)cc2)cc1. The lowest BCUT2D eigenvalue weighted by molar-refractivity contribution is 0.669. The molecule has 0 atom stereocenters. The summed E-state index contributed by atoms with van der Waals surface area (Å²) in [5, 5.41) is 4.67. The Hall–Kier alpha value is -8.40. The van der Waals surface area contributed by atoms with Crippen molar-refractivity contribution in [1.29, 1.82) is 0 Å². The average molecular weight is 805 g/mol. The summed E-state index contributed by atoms with van der Waals surface area (Å²) in [7, 11) is 0. The Kier molecular flexibility index (Phi) is 8.83. The monoisotopic (exact) mass is 804 g/mol. The molecule has 2 heterocycles. The van der Waals surface area contributed by atoms with Gasteiger partial charge in [-0.15, -0.1) is 0 Å². The van der Waals surface area contributed by atoms with Crippen LogP contribution in [-0.4, -0.2) is 4.57 Å². The molecule has 0 saturated carbocycles. The van der Waals surface area contributed by atoms with E-state index in [1.54, 1.807) is 0 Å². The minimum atomic E-state index is 0.845. The minimum absolute atomic E-state index is 0.845. The Labute approximate surface area is 366 Å². The van der Waals surface area contributed by atoms with E-state index in [0.29, 0.717) is 0 Å². The number of hydrogen-bond acceptors (Lipinski definition) is 2. The van der Waals surface area contributed by atoms with E-state index >= 15 is 0 Å². The molecule has 0 saturated heterocycles. The summed E-state index contributed by atoms with van der Waals surface area (Å²) < 4.78 is 9.15. The number of anilines is 3. The third-order valence-electron chi connectivity index (χ3n) is 12.5. The van der Waals surface area contributed by atoms with Crippen molar-refractivity contribution in [2.75, 3.05) is 4.90 Å². The smallest absolute Gasteiger partial charge is 0.159 e. The highest BCUT2D eigenvalue weighted by Crippen LogP contribution is 2.48. The lowest BCUT2D eigenvalue weighted by atomic mass is 9.88. The standard InChI is InChI=1S/C60H40N2O/c1-2-17-41(18-3-1)42-33-35-43(36-34-42)46-19-4-5-20-47(46)48-21-6-7-22-49(48)50-23-8-12-28-55(50)62(58-31-16-27-54-53-26-11-15-32-59(53)63-60(54)58)45-39-37-44(38-40-45)61-56-29-13-9-24-51(56)52-25-10-14-30-57(52)61/h1-40H. The second kappa shape index (κ2) is 15.3. The van der Waals surface area contributed by atoms with E-state index in [0.717, 1.165) is 61.4 Å². The maximum Gasteiger partial charge on any atom is 0.159 e. The summed E-state index contributed by atoms with van der Waals surface area (Å²) in [6.07, 6.45) is 0. The van der Waals surface area contributed by atoms with E-state index in [9.17, 15) is 0 Å². The zero-order chi connectivity index (χ0) is 41.7. The van der Waals surface area contributed by atoms with Crippen molar-refractivity contribution in [3.8, 4) is 50.2 Å². The van der Waals surface area contributed by atoms with Crippen LogP contribution in [0.5, 0.6) is 0 Å². The molecule has 0 spiro atoms. The molecule has 0 radical (unpaired) electrons. The molecule has 0 bridgehead atoms. The number of fused-ring (bicyclic) bond motifs is 6. The van der Waals surface area contributed by atoms with E-state index in [1.165, 1.54) is 49.6 Å². The van der Waals surface area contributed by atoms with Gasteiger partial charge in [0.05, 0.1) is 22.4 Å². The van der Waals surface area contributed by atoms with Gasteiger partial charge in [0.15, 0.2) is 5.58 Å². The fourth-order valence-electron chi connectivity index (χ4n) is 9.56. The largest absolute Gasteiger partial charge is 0.454 e. The topological polar surface area (TPSA) is 21.3 Å². The van der Waals surface area contributed by atoms with Gasteiger partial charge in [-0.2, -0.15) is 0 Å². The van der Waals surface area contributed by atoms with Crippen LogP contribution in [0.4, 0.5) is 17.1 Å². The van der Waals surface area contributed by atoms with E-state index < -0.39 is 0 Å². The molecule has 3 heteroatoms. The summed E-state index contributed by atoms with van der Waals surface area (Å²) >= 11 is 0. The fourth-order valence-corrected chi connectivity index (χ4v) is 9.56. The van der Waals surface area contributed by atoms with E-state index in [-0.39, 0.29) is 0 Å². The van der Waals surface area contributed by atoms with Gasteiger partial charge in [0.2, 0.25) is 0 Å². The molecule has 12 rings (SSSR count). The summed E-state index contributed by atoms with van der Waals surface area (Å²) in [6, 6.07) is 87.0. The third kappa shape index (κ3) is 6.21. The van der Waals surface area contributed by atoms with Crippen molar-refractivity contribution >= 4 is 60.8 Å². The van der Waals surface area contributed by atoms with Crippen molar-refractivity contribution in [1.82, 2.24) is 4.57 Å². The van der Waals surface area contributed by atoms with Crippen LogP contribution in [0.1, 0.15) is 0 Å². The number of benzene rings is 10. The van der Waals surface area contributed by atoms with Crippen molar-refractivity contribution < 1.29 is 4.42 Å². The number of para-hydroxylation sites is 5. The van der Waals surface area contributed by atoms with Gasteiger partial charge in [0, 0.05) is 38.5 Å². The highest BCUT2D eigenvalue weighted by molar-refractivity contribution is 6.12. The van der Waals surface area contributed by atoms with Gasteiger partial charge in [0.1, 0.15) is 5.58 Å². The van der Waals surface area contributed by atoms with Crippen molar-refractivity contribution in [3.63, 3.8) is 0 Å². The minimum Gasteiger partial charge on any atom is -0.454 e. The van der Waals surface area contributed by atoms with Crippen LogP contribution in [0, 0.1) is 0 Å². The van der Waals surface area contributed by atoms with Crippen LogP contribution < -0.4 is 4.90 Å². The third-order valence-corrected chi connectivity index (χ3v) is 12.5. The number of aromatic nitrogens is 1. The lowest BCUT2D eigenvalue weighted by Gasteiger charge is -2.28. The molecule has 3 nitrogen and oxygen atoms in total. The Morgan fingerprint density at radius 3 is 1.48 bits per heavy atom.